The van der Waals surface area contributed by atoms with Crippen LogP contribution in [0.5, 0.6) is 0 Å². The Balaban J connectivity index is 2.06. The maximum absolute atomic E-state index is 12.8. The smallest absolute Gasteiger partial charge is 0.360 e. The number of imide groups is 1. The predicted molar refractivity (Wildman–Crippen MR) is 99.9 cm³/mol. The Bertz CT molecular complexity index is 1120. The third kappa shape index (κ3) is 3.73. The van der Waals surface area contributed by atoms with Crippen LogP contribution in [0, 0.1) is 0 Å². The van der Waals surface area contributed by atoms with E-state index in [4.69, 9.17) is 10.5 Å². The Labute approximate surface area is 158 Å². The quantitative estimate of drug-likeness (QED) is 0.652. The van der Waals surface area contributed by atoms with Gasteiger partial charge in [-0.15, -0.1) is 0 Å². The number of nitrogens with zero attached hydrogens (tertiary/aromatic N) is 2. The minimum Gasteiger partial charge on any atom is -0.448 e. The molecule has 0 aliphatic rings. The Kier molecular flexibility index (Phi) is 5.16. The van der Waals surface area contributed by atoms with Crippen LogP contribution in [0.1, 0.15) is 17.4 Å². The molecule has 1 atom stereocenters. The molecular weight excluding hydrogens is 364 g/mol. The second-order valence-corrected chi connectivity index (χ2v) is 5.85. The van der Waals surface area contributed by atoms with Crippen molar-refractivity contribution in [3.05, 3.63) is 70.6 Å². The average Bonchev–Trinajstić information content (AvgIpc) is 2.68. The number of benzene rings is 2. The first-order valence-corrected chi connectivity index (χ1v) is 8.27. The number of urea groups is 1. The normalized spacial score (nSPS) is 11.6. The Morgan fingerprint density at radius 3 is 2.29 bits per heavy atom. The van der Waals surface area contributed by atoms with E-state index >= 15 is 0 Å². The molecule has 1 heterocycles. The number of rotatable bonds is 4. The number of esters is 1. The number of para-hydroxylation sites is 1. The summed E-state index contributed by atoms with van der Waals surface area (Å²) >= 11 is 0. The maximum atomic E-state index is 12.8. The summed E-state index contributed by atoms with van der Waals surface area (Å²) in [6, 6.07) is 14.0. The van der Waals surface area contributed by atoms with Crippen LogP contribution in [0.15, 0.2) is 59.4 Å². The van der Waals surface area contributed by atoms with E-state index in [0.717, 1.165) is 4.68 Å². The van der Waals surface area contributed by atoms with Gasteiger partial charge in [-0.25, -0.2) is 9.59 Å². The van der Waals surface area contributed by atoms with Gasteiger partial charge in [0.1, 0.15) is 0 Å². The topological polar surface area (TPSA) is 133 Å². The number of fused-ring (bicyclic) bond motifs is 1. The molecule has 0 aliphatic carbocycles. The lowest BCUT2D eigenvalue weighted by Crippen LogP contribution is -2.42. The molecule has 0 fully saturated rings. The summed E-state index contributed by atoms with van der Waals surface area (Å²) < 4.78 is 6.19. The number of carbonyl (C=O) groups excluding carboxylic acids is 3. The maximum Gasteiger partial charge on any atom is 0.360 e. The fraction of sp³-hybridized carbons (Fsp3) is 0.105. The number of hydrogen-bond acceptors (Lipinski definition) is 6. The number of nitrogens with two attached hydrogens (primary N) is 1. The van der Waals surface area contributed by atoms with E-state index in [9.17, 15) is 19.2 Å². The zero-order valence-electron chi connectivity index (χ0n) is 14.8. The van der Waals surface area contributed by atoms with Crippen LogP contribution < -0.4 is 16.6 Å². The molecule has 142 valence electrons. The summed E-state index contributed by atoms with van der Waals surface area (Å²) in [4.78, 5) is 48.0. The monoisotopic (exact) mass is 380 g/mol. The number of hydrogen-bond donors (Lipinski definition) is 2. The minimum atomic E-state index is -1.29. The fourth-order valence-electron chi connectivity index (χ4n) is 2.58. The summed E-state index contributed by atoms with van der Waals surface area (Å²) in [6.07, 6.45) is -1.29. The van der Waals surface area contributed by atoms with Crippen LogP contribution in [0.4, 0.5) is 4.79 Å². The summed E-state index contributed by atoms with van der Waals surface area (Å²) in [5.74, 6) is -1.80. The van der Waals surface area contributed by atoms with Gasteiger partial charge in [-0.05, 0) is 25.1 Å². The molecule has 1 aromatic heterocycles. The van der Waals surface area contributed by atoms with E-state index < -0.39 is 29.6 Å². The Morgan fingerprint density at radius 2 is 1.64 bits per heavy atom. The first-order chi connectivity index (χ1) is 13.4. The highest BCUT2D eigenvalue weighted by Crippen LogP contribution is 2.16. The van der Waals surface area contributed by atoms with Gasteiger partial charge < -0.3 is 10.5 Å². The standard InChI is InChI=1S/C19H16N4O5/c1-11(16(24)21-19(20)27)28-18(26)15-13-9-5-6-10-14(13)17(25)23(22-15)12-7-3-2-4-8-12/h2-11H,1H3,(H3,20,21,24,27)/t11-/m0/s1. The van der Waals surface area contributed by atoms with E-state index in [2.05, 4.69) is 5.10 Å². The Morgan fingerprint density at radius 1 is 1.04 bits per heavy atom. The van der Waals surface area contributed by atoms with Crippen molar-refractivity contribution in [2.45, 2.75) is 13.0 Å². The molecule has 0 spiro atoms. The zero-order chi connectivity index (χ0) is 20.3. The number of nitrogens with one attached hydrogen (secondary N) is 1. The largest absolute Gasteiger partial charge is 0.448 e. The molecule has 3 N–H and O–H groups in total. The third-order valence-electron chi connectivity index (χ3n) is 3.90. The lowest BCUT2D eigenvalue weighted by atomic mass is 10.1. The summed E-state index contributed by atoms with van der Waals surface area (Å²) in [5.41, 5.74) is 4.81. The van der Waals surface area contributed by atoms with E-state index in [1.54, 1.807) is 54.6 Å². The van der Waals surface area contributed by atoms with Gasteiger partial charge in [-0.1, -0.05) is 36.4 Å². The van der Waals surface area contributed by atoms with Crippen molar-refractivity contribution in [2.24, 2.45) is 5.73 Å². The SMILES string of the molecule is C[C@H](OC(=O)c1nn(-c2ccccc2)c(=O)c2ccccc12)C(=O)NC(N)=O. The molecule has 9 nitrogen and oxygen atoms in total. The summed E-state index contributed by atoms with van der Waals surface area (Å²) in [5, 5.41) is 6.53. The predicted octanol–water partition coefficient (Wildman–Crippen LogP) is 1.13. The van der Waals surface area contributed by atoms with Gasteiger partial charge in [0.2, 0.25) is 0 Å². The van der Waals surface area contributed by atoms with Crippen molar-refractivity contribution < 1.29 is 19.1 Å². The highest BCUT2D eigenvalue weighted by Gasteiger charge is 2.24. The molecule has 3 amide bonds. The summed E-state index contributed by atoms with van der Waals surface area (Å²) in [7, 11) is 0. The molecule has 28 heavy (non-hydrogen) atoms. The van der Waals surface area contributed by atoms with Crippen molar-refractivity contribution in [3.63, 3.8) is 0 Å². The van der Waals surface area contributed by atoms with Crippen molar-refractivity contribution in [3.8, 4) is 5.69 Å². The van der Waals surface area contributed by atoms with Gasteiger partial charge in [0.25, 0.3) is 11.5 Å². The van der Waals surface area contributed by atoms with E-state index in [-0.39, 0.29) is 16.5 Å². The van der Waals surface area contributed by atoms with Gasteiger partial charge in [-0.3, -0.25) is 14.9 Å². The number of amides is 3. The van der Waals surface area contributed by atoms with Crippen molar-refractivity contribution >= 4 is 28.7 Å². The van der Waals surface area contributed by atoms with Gasteiger partial charge in [-0.2, -0.15) is 9.78 Å². The zero-order valence-corrected chi connectivity index (χ0v) is 14.8. The number of aromatic nitrogens is 2. The van der Waals surface area contributed by atoms with Crippen molar-refractivity contribution in [1.82, 2.24) is 15.1 Å². The highest BCUT2D eigenvalue weighted by molar-refractivity contribution is 6.03. The van der Waals surface area contributed by atoms with Crippen LogP contribution in [-0.2, 0) is 9.53 Å². The minimum absolute atomic E-state index is 0.141. The fourth-order valence-corrected chi connectivity index (χ4v) is 2.58. The van der Waals surface area contributed by atoms with Gasteiger partial charge >= 0.3 is 12.0 Å². The van der Waals surface area contributed by atoms with E-state index in [1.165, 1.54) is 6.92 Å². The van der Waals surface area contributed by atoms with Gasteiger partial charge in [0.05, 0.1) is 11.1 Å². The van der Waals surface area contributed by atoms with E-state index in [0.29, 0.717) is 5.69 Å². The number of primary amides is 1. The molecule has 0 unspecified atom stereocenters. The van der Waals surface area contributed by atoms with Gasteiger partial charge in [0.15, 0.2) is 11.8 Å². The summed E-state index contributed by atoms with van der Waals surface area (Å²) in [6.45, 7) is 1.28. The molecule has 0 saturated heterocycles. The lowest BCUT2D eigenvalue weighted by Gasteiger charge is -2.14. The molecule has 3 aromatic rings. The molecule has 2 aromatic carbocycles. The molecule has 0 saturated carbocycles. The molecule has 0 bridgehead atoms. The van der Waals surface area contributed by atoms with Crippen LogP contribution >= 0.6 is 0 Å². The van der Waals surface area contributed by atoms with Crippen LogP contribution in [0.25, 0.3) is 16.5 Å². The highest BCUT2D eigenvalue weighted by atomic mass is 16.5. The first kappa shape index (κ1) is 18.8. The van der Waals surface area contributed by atoms with Crippen LogP contribution in [0.3, 0.4) is 0 Å². The average molecular weight is 380 g/mol. The number of carbonyl (C=O) groups is 3. The van der Waals surface area contributed by atoms with E-state index in [1.807, 2.05) is 5.32 Å². The van der Waals surface area contributed by atoms with Crippen molar-refractivity contribution in [2.75, 3.05) is 0 Å². The molecule has 9 heteroatoms. The Hall–Kier alpha value is -4.01. The molecule has 0 radical (unpaired) electrons. The number of ether oxygens (including phenoxy) is 1. The second kappa shape index (κ2) is 7.70. The van der Waals surface area contributed by atoms with Crippen molar-refractivity contribution in [1.29, 1.82) is 0 Å². The van der Waals surface area contributed by atoms with Crippen LogP contribution in [-0.4, -0.2) is 33.8 Å². The van der Waals surface area contributed by atoms with Gasteiger partial charge in [0, 0.05) is 5.39 Å². The second-order valence-electron chi connectivity index (χ2n) is 5.85. The molecule has 3 rings (SSSR count). The third-order valence-corrected chi connectivity index (χ3v) is 3.90. The lowest BCUT2D eigenvalue weighted by molar-refractivity contribution is -0.127. The van der Waals surface area contributed by atoms with Crippen LogP contribution in [0.2, 0.25) is 0 Å². The molecule has 0 aliphatic heterocycles. The first-order valence-electron chi connectivity index (χ1n) is 8.27. The molecular formula is C19H16N4O5.